The highest BCUT2D eigenvalue weighted by atomic mass is 19.1. The molecule has 0 atom stereocenters. The Morgan fingerprint density at radius 1 is 0.203 bits per heavy atom. The minimum atomic E-state index is -0.656. The zero-order chi connectivity index (χ0) is 90.9. The standard InChI is InChI=1S/C54H35N7.C36H23FN6.C19H14/c1-6-18-36(19-7-1)41-30-32-44-43-28-16-17-29-46(43)61(48(44)35-41)47-33-31-42(53-57-49(37-20-8-2-9-21-37)55-50(58-53)38-22-10-3-11-23-38)34-45(47)54-59-51(39-24-12-4-13-25-39)56-52(60-54)40-26-14-5-15-27-40;37-30-22-21-28(35-40-31(24-13-5-1-6-14-24)38-32(41-35)25-15-7-2-8-16-25)23-29(30)36-42-33(26-17-9-3-10-18-26)39-34(43-36)27-19-11-4-12-20-27;1-2-6-14(7-3-1)15-10-11-19-17(12-15)13-16-8-4-5-9-18(16)19/h1-35H;1-23H;1-12H,13H2/i4D,12D,13D,24D,25D;3D,9D,10D,17D,18D;. The van der Waals surface area contributed by atoms with E-state index in [1.165, 1.54) is 45.5 Å². The minimum Gasteiger partial charge on any atom is -0.308 e. The smallest absolute Gasteiger partial charge is 0.167 e. The first-order valence-electron chi connectivity index (χ1n) is 44.8. The summed E-state index contributed by atoms with van der Waals surface area (Å²) in [6.07, 6.45) is 1.06. The number of hydrogen-bond donors (Lipinski definition) is 0. The molecule has 0 aliphatic heterocycles. The van der Waals surface area contributed by atoms with E-state index in [4.69, 9.17) is 58.6 Å². The molecule has 123 heavy (non-hydrogen) atoms. The summed E-state index contributed by atoms with van der Waals surface area (Å²) in [5, 5.41) is 2.08. The molecule has 0 saturated carbocycles. The van der Waals surface area contributed by atoms with Gasteiger partial charge in [-0.25, -0.2) is 64.2 Å². The molecule has 0 bridgehead atoms. The fraction of sp³-hybridized carbons (Fsp3) is 0.00917. The van der Waals surface area contributed by atoms with Crippen molar-refractivity contribution in [3.63, 3.8) is 0 Å². The summed E-state index contributed by atoms with van der Waals surface area (Å²) in [6, 6.07) is 113. The zero-order valence-corrected chi connectivity index (χ0v) is 65.5. The Kier molecular flexibility index (Phi) is 17.8. The Labute approximate surface area is 723 Å². The van der Waals surface area contributed by atoms with E-state index in [1.807, 2.05) is 206 Å². The van der Waals surface area contributed by atoms with Gasteiger partial charge in [-0.3, -0.25) is 0 Å². The highest BCUT2D eigenvalue weighted by molar-refractivity contribution is 6.11. The largest absolute Gasteiger partial charge is 0.308 e. The summed E-state index contributed by atoms with van der Waals surface area (Å²) in [5.41, 5.74) is 18.6. The number of rotatable bonds is 15. The molecule has 13 nitrogen and oxygen atoms in total. The average Bonchev–Trinajstić information content (AvgIpc) is 1.60. The van der Waals surface area contributed by atoms with Crippen molar-refractivity contribution in [2.45, 2.75) is 6.42 Å². The first kappa shape index (κ1) is 64.4. The van der Waals surface area contributed by atoms with Crippen LogP contribution in [0.3, 0.4) is 0 Å². The lowest BCUT2D eigenvalue weighted by Crippen LogP contribution is -2.05. The normalized spacial score (nSPS) is 12.4. The van der Waals surface area contributed by atoms with Crippen LogP contribution < -0.4 is 0 Å². The predicted octanol–water partition coefficient (Wildman–Crippen LogP) is 25.9. The molecule has 16 aromatic carbocycles. The molecular weight excluding hydrogens is 1510 g/mol. The first-order valence-corrected chi connectivity index (χ1v) is 39.8. The van der Waals surface area contributed by atoms with Crippen molar-refractivity contribution in [2.24, 2.45) is 0 Å². The van der Waals surface area contributed by atoms with Gasteiger partial charge in [0.1, 0.15) is 5.82 Å². The Hall–Kier alpha value is -16.7. The van der Waals surface area contributed by atoms with Gasteiger partial charge < -0.3 is 4.57 Å². The van der Waals surface area contributed by atoms with Crippen molar-refractivity contribution in [1.29, 1.82) is 0 Å². The maximum atomic E-state index is 15.8. The lowest BCUT2D eigenvalue weighted by atomic mass is 9.99. The van der Waals surface area contributed by atoms with Gasteiger partial charge in [-0.05, 0) is 99.5 Å². The maximum absolute atomic E-state index is 15.8. The van der Waals surface area contributed by atoms with Crippen LogP contribution in [0.15, 0.2) is 424 Å². The third-order valence-corrected chi connectivity index (χ3v) is 21.1. The Morgan fingerprint density at radius 3 is 0.951 bits per heavy atom. The molecule has 0 radical (unpaired) electrons. The molecule has 0 saturated heterocycles. The fourth-order valence-electron chi connectivity index (χ4n) is 15.1. The second kappa shape index (κ2) is 34.1. The molecule has 21 aromatic rings. The monoisotopic (exact) mass is 1590 g/mol. The van der Waals surface area contributed by atoms with Gasteiger partial charge in [0.15, 0.2) is 69.9 Å². The maximum Gasteiger partial charge on any atom is 0.167 e. The van der Waals surface area contributed by atoms with Crippen LogP contribution in [0.2, 0.25) is 0 Å². The summed E-state index contributed by atoms with van der Waals surface area (Å²) >= 11 is 0. The van der Waals surface area contributed by atoms with Gasteiger partial charge in [-0.1, -0.05) is 376 Å². The third kappa shape index (κ3) is 16.0. The predicted molar refractivity (Wildman–Crippen MR) is 492 cm³/mol. The summed E-state index contributed by atoms with van der Waals surface area (Å²) in [5.74, 6) is 2.11. The Bertz CT molecular complexity index is 7870. The Balaban J connectivity index is 0.000000142. The second-order valence-electron chi connectivity index (χ2n) is 28.9. The number of hydrogen-bond acceptors (Lipinski definition) is 12. The second-order valence-corrected chi connectivity index (χ2v) is 28.9. The molecule has 5 aromatic heterocycles. The third-order valence-electron chi connectivity index (χ3n) is 21.1. The molecule has 0 fully saturated rings. The van der Waals surface area contributed by atoms with E-state index < -0.39 is 66.2 Å². The topological polar surface area (TPSA) is 160 Å². The van der Waals surface area contributed by atoms with Crippen molar-refractivity contribution < 1.29 is 18.1 Å². The van der Waals surface area contributed by atoms with Crippen molar-refractivity contribution in [3.8, 4) is 176 Å². The van der Waals surface area contributed by atoms with Gasteiger partial charge in [0, 0.05) is 72.0 Å². The summed E-state index contributed by atoms with van der Waals surface area (Å²) in [7, 11) is 0. The van der Waals surface area contributed by atoms with Crippen molar-refractivity contribution in [2.75, 3.05) is 0 Å². The number of fused-ring (bicyclic) bond motifs is 6. The fourth-order valence-corrected chi connectivity index (χ4v) is 15.1. The van der Waals surface area contributed by atoms with Gasteiger partial charge in [0.2, 0.25) is 0 Å². The minimum absolute atomic E-state index is 0.0244. The molecule has 0 unspecified atom stereocenters. The van der Waals surface area contributed by atoms with Gasteiger partial charge in [0.05, 0.1) is 36.0 Å². The van der Waals surface area contributed by atoms with Crippen LogP contribution in [0.4, 0.5) is 4.39 Å². The summed E-state index contributed by atoms with van der Waals surface area (Å²) in [6.45, 7) is 0. The molecule has 0 spiro atoms. The highest BCUT2D eigenvalue weighted by Crippen LogP contribution is 2.43. The first-order chi connectivity index (χ1) is 65.0. The van der Waals surface area contributed by atoms with Gasteiger partial charge >= 0.3 is 0 Å². The van der Waals surface area contributed by atoms with E-state index in [-0.39, 0.29) is 57.5 Å². The number of benzene rings is 16. The molecule has 1 aliphatic carbocycles. The molecule has 0 N–H and O–H groups in total. The molecule has 0 amide bonds. The van der Waals surface area contributed by atoms with Crippen LogP contribution in [0.25, 0.3) is 198 Å². The van der Waals surface area contributed by atoms with Crippen molar-refractivity contribution in [3.05, 3.63) is 441 Å². The van der Waals surface area contributed by atoms with E-state index >= 15 is 4.39 Å². The van der Waals surface area contributed by atoms with E-state index in [1.54, 1.807) is 30.3 Å². The van der Waals surface area contributed by atoms with E-state index in [2.05, 4.69) is 135 Å². The van der Waals surface area contributed by atoms with Crippen LogP contribution in [-0.2, 0) is 6.42 Å². The van der Waals surface area contributed by atoms with E-state index in [0.717, 1.165) is 61.6 Å². The van der Waals surface area contributed by atoms with Crippen LogP contribution in [0, 0.1) is 5.82 Å². The van der Waals surface area contributed by atoms with Crippen LogP contribution >= 0.6 is 0 Å². The summed E-state index contributed by atoms with van der Waals surface area (Å²) < 4.78 is 103. The zero-order valence-electron chi connectivity index (χ0n) is 75.5. The lowest BCUT2D eigenvalue weighted by molar-refractivity contribution is 0.630. The quantitative estimate of drug-likeness (QED) is 0.0957. The van der Waals surface area contributed by atoms with E-state index in [0.29, 0.717) is 62.6 Å². The van der Waals surface area contributed by atoms with Crippen LogP contribution in [0.5, 0.6) is 0 Å². The SMILES string of the molecule is [2H]c1c([2H])c([2H])c(-c2nc(-c3ccccc3)nc(-c3cc(-c4nc(-c5ccccc5)nc(-c5ccccc5)n4)ccc3-n3c4ccccc4c4ccc(-c5ccccc5)cc43)n2)c([2H])c1[2H].[2H]c1c([2H])c([2H])c(-c2nc(-c3ccccc3)nc(-c3cc(-c4nc(-c5ccccc5)nc(-c5ccccc5)n4)ccc3F)n2)c([2H])c1[2H].c1ccc(-c2ccc3c(c2)Cc2ccccc2-3)cc1. The number of aromatic nitrogens is 13. The van der Waals surface area contributed by atoms with Gasteiger partial charge in [-0.15, -0.1) is 0 Å². The van der Waals surface area contributed by atoms with Crippen LogP contribution in [0.1, 0.15) is 24.8 Å². The lowest BCUT2D eigenvalue weighted by Gasteiger charge is -2.16. The Morgan fingerprint density at radius 2 is 0.512 bits per heavy atom. The van der Waals surface area contributed by atoms with Gasteiger partial charge in [0.25, 0.3) is 0 Å². The molecular formula is C109H72FN13. The number of para-hydroxylation sites is 1. The molecule has 1 aliphatic rings. The van der Waals surface area contributed by atoms with Crippen LogP contribution in [-0.4, -0.2) is 64.4 Å². The number of halogens is 1. The molecule has 5 heterocycles. The molecule has 22 rings (SSSR count). The molecule has 580 valence electrons. The van der Waals surface area contributed by atoms with Gasteiger partial charge in [-0.2, -0.15) is 0 Å². The number of nitrogens with zero attached hydrogens (tertiary/aromatic N) is 13. The van der Waals surface area contributed by atoms with Crippen molar-refractivity contribution >= 4 is 21.8 Å². The van der Waals surface area contributed by atoms with E-state index in [9.17, 15) is 0 Å². The summed E-state index contributed by atoms with van der Waals surface area (Å²) in [4.78, 5) is 57.8. The molecule has 14 heteroatoms. The average molecular weight is 1590 g/mol. The highest BCUT2D eigenvalue weighted by Gasteiger charge is 2.25. The van der Waals surface area contributed by atoms with Crippen molar-refractivity contribution in [1.82, 2.24) is 64.4 Å².